The Morgan fingerprint density at radius 3 is 2.35 bits per heavy atom. The fourth-order valence-electron chi connectivity index (χ4n) is 1.90. The van der Waals surface area contributed by atoms with Crippen molar-refractivity contribution >= 4 is 17.5 Å². The topological polar surface area (TPSA) is 41.6 Å². The van der Waals surface area contributed by atoms with Crippen LogP contribution in [0.25, 0.3) is 11.1 Å². The van der Waals surface area contributed by atoms with Crippen LogP contribution in [-0.2, 0) is 4.74 Å². The van der Waals surface area contributed by atoms with Gasteiger partial charge in [0.15, 0.2) is 0 Å². The van der Waals surface area contributed by atoms with E-state index in [1.807, 2.05) is 38.4 Å². The van der Waals surface area contributed by atoms with Crippen LogP contribution < -0.4 is 10.2 Å². The van der Waals surface area contributed by atoms with Crippen molar-refractivity contribution in [1.82, 2.24) is 0 Å². The normalized spacial score (nSPS) is 9.95. The van der Waals surface area contributed by atoms with Crippen molar-refractivity contribution in [3.05, 3.63) is 48.5 Å². The number of amides is 1. The lowest BCUT2D eigenvalue weighted by molar-refractivity contribution is 0.187. The number of nitrogens with zero attached hydrogens (tertiary/aromatic N) is 1. The summed E-state index contributed by atoms with van der Waals surface area (Å²) in [6.45, 7) is 0. The van der Waals surface area contributed by atoms with Gasteiger partial charge >= 0.3 is 6.09 Å². The quantitative estimate of drug-likeness (QED) is 0.926. The first-order valence-corrected chi connectivity index (χ1v) is 6.33. The molecule has 0 saturated carbocycles. The monoisotopic (exact) mass is 270 g/mol. The zero-order chi connectivity index (χ0) is 14.5. The molecule has 0 fully saturated rings. The summed E-state index contributed by atoms with van der Waals surface area (Å²) in [7, 11) is 5.37. The molecule has 0 aliphatic rings. The number of carbonyl (C=O) groups is 1. The maximum atomic E-state index is 11.2. The highest BCUT2D eigenvalue weighted by atomic mass is 16.5. The molecule has 20 heavy (non-hydrogen) atoms. The molecular formula is C16H18N2O2. The van der Waals surface area contributed by atoms with Gasteiger partial charge in [-0.1, -0.05) is 24.3 Å². The van der Waals surface area contributed by atoms with Crippen molar-refractivity contribution in [2.45, 2.75) is 0 Å². The summed E-state index contributed by atoms with van der Waals surface area (Å²) >= 11 is 0. The fourth-order valence-corrected chi connectivity index (χ4v) is 1.90. The third-order valence-corrected chi connectivity index (χ3v) is 3.01. The summed E-state index contributed by atoms with van der Waals surface area (Å²) in [5, 5.41) is 2.66. The summed E-state index contributed by atoms with van der Waals surface area (Å²) in [6, 6.07) is 15.9. The Balaban J connectivity index is 2.24. The predicted octanol–water partition coefficient (Wildman–Crippen LogP) is 3.60. The van der Waals surface area contributed by atoms with Gasteiger partial charge < -0.3 is 9.64 Å². The molecule has 0 aliphatic carbocycles. The summed E-state index contributed by atoms with van der Waals surface area (Å²) in [4.78, 5) is 13.3. The zero-order valence-electron chi connectivity index (χ0n) is 11.9. The predicted molar refractivity (Wildman–Crippen MR) is 82.2 cm³/mol. The van der Waals surface area contributed by atoms with Crippen LogP contribution in [0.5, 0.6) is 0 Å². The second-order valence-electron chi connectivity index (χ2n) is 4.64. The first-order chi connectivity index (χ1) is 9.60. The molecule has 0 spiro atoms. The number of methoxy groups -OCH3 is 1. The second-order valence-corrected chi connectivity index (χ2v) is 4.64. The van der Waals surface area contributed by atoms with Gasteiger partial charge in [-0.2, -0.15) is 0 Å². The second kappa shape index (κ2) is 6.10. The number of rotatable bonds is 3. The molecule has 0 saturated heterocycles. The van der Waals surface area contributed by atoms with Gasteiger partial charge in [0.25, 0.3) is 0 Å². The molecule has 1 N–H and O–H groups in total. The highest BCUT2D eigenvalue weighted by Crippen LogP contribution is 2.24. The molecule has 0 atom stereocenters. The smallest absolute Gasteiger partial charge is 0.411 e. The van der Waals surface area contributed by atoms with E-state index in [0.29, 0.717) is 5.69 Å². The molecular weight excluding hydrogens is 252 g/mol. The lowest BCUT2D eigenvalue weighted by atomic mass is 10.0. The van der Waals surface area contributed by atoms with Crippen molar-refractivity contribution in [3.8, 4) is 11.1 Å². The lowest BCUT2D eigenvalue weighted by Crippen LogP contribution is -2.10. The number of benzene rings is 2. The van der Waals surface area contributed by atoms with Crippen molar-refractivity contribution in [2.75, 3.05) is 31.4 Å². The van der Waals surface area contributed by atoms with Crippen LogP contribution in [0.3, 0.4) is 0 Å². The van der Waals surface area contributed by atoms with E-state index in [2.05, 4.69) is 39.2 Å². The molecule has 2 rings (SSSR count). The van der Waals surface area contributed by atoms with Crippen molar-refractivity contribution in [1.29, 1.82) is 0 Å². The highest BCUT2D eigenvalue weighted by Gasteiger charge is 2.03. The first-order valence-electron chi connectivity index (χ1n) is 6.33. The minimum atomic E-state index is -0.467. The number of hydrogen-bond acceptors (Lipinski definition) is 3. The SMILES string of the molecule is COC(=O)Nc1cccc(-c2ccc(N(C)C)cc2)c1. The molecule has 0 aromatic heterocycles. The Kier molecular flexibility index (Phi) is 4.25. The minimum Gasteiger partial charge on any atom is -0.453 e. The lowest BCUT2D eigenvalue weighted by Gasteiger charge is -2.13. The molecule has 1 amide bonds. The van der Waals surface area contributed by atoms with Crippen molar-refractivity contribution in [2.24, 2.45) is 0 Å². The van der Waals surface area contributed by atoms with Gasteiger partial charge in [0.05, 0.1) is 7.11 Å². The number of anilines is 2. The maximum absolute atomic E-state index is 11.2. The molecule has 0 bridgehead atoms. The Bertz CT molecular complexity index is 592. The summed E-state index contributed by atoms with van der Waals surface area (Å²) < 4.78 is 4.59. The molecule has 2 aromatic carbocycles. The Morgan fingerprint density at radius 2 is 1.75 bits per heavy atom. The number of nitrogens with one attached hydrogen (secondary N) is 1. The zero-order valence-corrected chi connectivity index (χ0v) is 11.9. The molecule has 2 aromatic rings. The molecule has 0 aliphatic heterocycles. The molecule has 4 heteroatoms. The number of hydrogen-bond donors (Lipinski definition) is 1. The van der Waals surface area contributed by atoms with Gasteiger partial charge in [0.2, 0.25) is 0 Å². The van der Waals surface area contributed by atoms with Crippen molar-refractivity contribution < 1.29 is 9.53 Å². The minimum absolute atomic E-state index is 0.467. The Labute approximate surface area is 119 Å². The van der Waals surface area contributed by atoms with E-state index in [9.17, 15) is 4.79 Å². The van der Waals surface area contributed by atoms with Crippen LogP contribution in [-0.4, -0.2) is 27.3 Å². The Hall–Kier alpha value is -2.49. The standard InChI is InChI=1S/C16H18N2O2/c1-18(2)15-9-7-12(8-10-15)13-5-4-6-14(11-13)17-16(19)20-3/h4-11H,1-3H3,(H,17,19). The van der Waals surface area contributed by atoms with E-state index in [1.54, 1.807) is 0 Å². The Morgan fingerprint density at radius 1 is 1.05 bits per heavy atom. The van der Waals surface area contributed by atoms with Crippen LogP contribution in [0, 0.1) is 0 Å². The van der Waals surface area contributed by atoms with E-state index in [-0.39, 0.29) is 0 Å². The molecule has 0 unspecified atom stereocenters. The average Bonchev–Trinajstić information content (AvgIpc) is 2.47. The molecule has 4 nitrogen and oxygen atoms in total. The van der Waals surface area contributed by atoms with Crippen LogP contribution in [0.2, 0.25) is 0 Å². The molecule has 0 heterocycles. The van der Waals surface area contributed by atoms with Crippen LogP contribution in [0.15, 0.2) is 48.5 Å². The number of carbonyl (C=O) groups excluding carboxylic acids is 1. The van der Waals surface area contributed by atoms with Gasteiger partial charge in [-0.3, -0.25) is 5.32 Å². The largest absolute Gasteiger partial charge is 0.453 e. The van der Waals surface area contributed by atoms with Crippen molar-refractivity contribution in [3.63, 3.8) is 0 Å². The third-order valence-electron chi connectivity index (χ3n) is 3.01. The van der Waals surface area contributed by atoms with Gasteiger partial charge in [-0.15, -0.1) is 0 Å². The van der Waals surface area contributed by atoms with Gasteiger partial charge in [-0.25, -0.2) is 4.79 Å². The van der Waals surface area contributed by atoms with E-state index in [4.69, 9.17) is 0 Å². The fraction of sp³-hybridized carbons (Fsp3) is 0.188. The van der Waals surface area contributed by atoms with Crippen LogP contribution in [0.4, 0.5) is 16.2 Å². The van der Waals surface area contributed by atoms with Crippen LogP contribution in [0.1, 0.15) is 0 Å². The van der Waals surface area contributed by atoms with Gasteiger partial charge in [-0.05, 0) is 35.4 Å². The third kappa shape index (κ3) is 3.29. The van der Waals surface area contributed by atoms with E-state index < -0.39 is 6.09 Å². The van der Waals surface area contributed by atoms with E-state index in [0.717, 1.165) is 16.8 Å². The first kappa shape index (κ1) is 13.9. The summed E-state index contributed by atoms with van der Waals surface area (Å²) in [5.41, 5.74) is 4.01. The average molecular weight is 270 g/mol. The molecule has 104 valence electrons. The highest BCUT2D eigenvalue weighted by molar-refractivity contribution is 5.85. The summed E-state index contributed by atoms with van der Waals surface area (Å²) in [6.07, 6.45) is -0.467. The van der Waals surface area contributed by atoms with E-state index in [1.165, 1.54) is 7.11 Å². The maximum Gasteiger partial charge on any atom is 0.411 e. The van der Waals surface area contributed by atoms with E-state index >= 15 is 0 Å². The van der Waals surface area contributed by atoms with Crippen LogP contribution >= 0.6 is 0 Å². The van der Waals surface area contributed by atoms with Gasteiger partial charge in [0.1, 0.15) is 0 Å². The van der Waals surface area contributed by atoms with Gasteiger partial charge in [0, 0.05) is 25.5 Å². The number of ether oxygens (including phenoxy) is 1. The summed E-state index contributed by atoms with van der Waals surface area (Å²) in [5.74, 6) is 0. The molecule has 0 radical (unpaired) electrons.